The maximum atomic E-state index is 11.4. The number of halogens is 2. The number of carbonyl (C=O) groups is 1. The summed E-state index contributed by atoms with van der Waals surface area (Å²) in [5.74, 6) is -0.684. The standard InChI is InChI=1S/C14H12Br2N4O2/c1-20(2)9-3-4-12(10(6-9)14(21)22)18-19-13-11(16)5-8(15)7-17-13/h3-7H,1-2H3,(H,21,22)/b19-18+. The van der Waals surface area contributed by atoms with E-state index in [4.69, 9.17) is 0 Å². The van der Waals surface area contributed by atoms with Gasteiger partial charge in [-0.2, -0.15) is 0 Å². The molecule has 0 unspecified atom stereocenters. The van der Waals surface area contributed by atoms with Gasteiger partial charge in [0.2, 0.25) is 0 Å². The minimum atomic E-state index is -1.06. The Labute approximate surface area is 144 Å². The van der Waals surface area contributed by atoms with Gasteiger partial charge in [-0.1, -0.05) is 0 Å². The quantitative estimate of drug-likeness (QED) is 0.711. The molecule has 0 saturated carbocycles. The molecule has 0 spiro atoms. The van der Waals surface area contributed by atoms with Crippen LogP contribution in [-0.2, 0) is 0 Å². The molecule has 22 heavy (non-hydrogen) atoms. The third kappa shape index (κ3) is 3.89. The second-order valence-electron chi connectivity index (χ2n) is 4.56. The van der Waals surface area contributed by atoms with Crippen molar-refractivity contribution < 1.29 is 9.90 Å². The number of benzene rings is 1. The zero-order valence-corrected chi connectivity index (χ0v) is 15.0. The maximum absolute atomic E-state index is 11.4. The number of hydrogen-bond acceptors (Lipinski definition) is 5. The second kappa shape index (κ2) is 6.97. The molecule has 1 aromatic heterocycles. The summed E-state index contributed by atoms with van der Waals surface area (Å²) in [7, 11) is 3.68. The molecule has 0 amide bonds. The number of aromatic carboxylic acids is 1. The van der Waals surface area contributed by atoms with Crippen LogP contribution in [0.2, 0.25) is 0 Å². The van der Waals surface area contributed by atoms with Crippen molar-refractivity contribution in [3.63, 3.8) is 0 Å². The Morgan fingerprint density at radius 2 is 1.95 bits per heavy atom. The van der Waals surface area contributed by atoms with Crippen LogP contribution < -0.4 is 4.90 Å². The largest absolute Gasteiger partial charge is 0.478 e. The first-order valence-electron chi connectivity index (χ1n) is 6.16. The number of hydrogen-bond donors (Lipinski definition) is 1. The Balaban J connectivity index is 2.40. The summed E-state index contributed by atoms with van der Waals surface area (Å²) in [5, 5.41) is 17.3. The normalized spacial score (nSPS) is 10.9. The van der Waals surface area contributed by atoms with E-state index in [2.05, 4.69) is 47.1 Å². The predicted molar refractivity (Wildman–Crippen MR) is 91.5 cm³/mol. The Bertz CT molecular complexity index is 748. The van der Waals surface area contributed by atoms with Gasteiger partial charge < -0.3 is 10.0 Å². The molecule has 0 bridgehead atoms. The number of azo groups is 1. The summed E-state index contributed by atoms with van der Waals surface area (Å²) < 4.78 is 1.47. The topological polar surface area (TPSA) is 78.2 Å². The Morgan fingerprint density at radius 3 is 2.55 bits per heavy atom. The second-order valence-corrected chi connectivity index (χ2v) is 6.33. The fourth-order valence-corrected chi connectivity index (χ4v) is 2.71. The van der Waals surface area contributed by atoms with Gasteiger partial charge in [0.25, 0.3) is 0 Å². The molecule has 0 atom stereocenters. The number of nitrogens with zero attached hydrogens (tertiary/aromatic N) is 4. The van der Waals surface area contributed by atoms with E-state index >= 15 is 0 Å². The van der Waals surface area contributed by atoms with E-state index in [1.54, 1.807) is 30.5 Å². The van der Waals surface area contributed by atoms with Crippen LogP contribution in [0.15, 0.2) is 49.6 Å². The Hall–Kier alpha value is -1.80. The van der Waals surface area contributed by atoms with Gasteiger partial charge >= 0.3 is 5.97 Å². The molecule has 8 heteroatoms. The van der Waals surface area contributed by atoms with Crippen LogP contribution in [0.3, 0.4) is 0 Å². The van der Waals surface area contributed by atoms with Crippen LogP contribution >= 0.6 is 31.9 Å². The smallest absolute Gasteiger partial charge is 0.338 e. The van der Waals surface area contributed by atoms with Crippen LogP contribution in [0.5, 0.6) is 0 Å². The van der Waals surface area contributed by atoms with Gasteiger partial charge in [0, 0.05) is 30.5 Å². The lowest BCUT2D eigenvalue weighted by molar-refractivity contribution is 0.0698. The van der Waals surface area contributed by atoms with E-state index in [1.807, 2.05) is 19.0 Å². The molecule has 0 radical (unpaired) electrons. The molecule has 0 aliphatic rings. The van der Waals surface area contributed by atoms with Crippen LogP contribution in [-0.4, -0.2) is 30.2 Å². The van der Waals surface area contributed by atoms with Crippen LogP contribution in [0.4, 0.5) is 17.2 Å². The molecule has 0 aliphatic heterocycles. The number of carboxylic acid groups (broad SMARTS) is 1. The summed E-state index contributed by atoms with van der Waals surface area (Å²) in [6, 6.07) is 6.75. The molecule has 1 heterocycles. The molecule has 2 rings (SSSR count). The zero-order valence-electron chi connectivity index (χ0n) is 11.8. The van der Waals surface area contributed by atoms with E-state index < -0.39 is 5.97 Å². The van der Waals surface area contributed by atoms with E-state index in [-0.39, 0.29) is 11.3 Å². The van der Waals surface area contributed by atoms with E-state index in [0.717, 1.165) is 10.2 Å². The highest BCUT2D eigenvalue weighted by molar-refractivity contribution is 9.11. The van der Waals surface area contributed by atoms with Gasteiger partial charge in [-0.15, -0.1) is 10.2 Å². The number of anilines is 1. The van der Waals surface area contributed by atoms with Gasteiger partial charge in [0.15, 0.2) is 5.82 Å². The lowest BCUT2D eigenvalue weighted by Gasteiger charge is -2.13. The van der Waals surface area contributed by atoms with Crippen LogP contribution in [0.25, 0.3) is 0 Å². The van der Waals surface area contributed by atoms with Gasteiger partial charge in [-0.25, -0.2) is 9.78 Å². The molecule has 0 fully saturated rings. The summed E-state index contributed by atoms with van der Waals surface area (Å²) in [4.78, 5) is 17.3. The summed E-state index contributed by atoms with van der Waals surface area (Å²) in [6.45, 7) is 0. The zero-order chi connectivity index (χ0) is 16.3. The van der Waals surface area contributed by atoms with Crippen LogP contribution in [0.1, 0.15) is 10.4 Å². The SMILES string of the molecule is CN(C)c1ccc(/N=N/c2ncc(Br)cc2Br)c(C(=O)O)c1. The molecule has 2 aromatic rings. The van der Waals surface area contributed by atoms with Gasteiger partial charge in [-0.05, 0) is 56.1 Å². The van der Waals surface area contributed by atoms with Gasteiger partial charge in [0.05, 0.1) is 10.0 Å². The Kier molecular flexibility index (Phi) is 5.25. The summed E-state index contributed by atoms with van der Waals surface area (Å²) in [5.41, 5.74) is 1.14. The van der Waals surface area contributed by atoms with Crippen molar-refractivity contribution in [1.29, 1.82) is 0 Å². The van der Waals surface area contributed by atoms with Crippen molar-refractivity contribution in [1.82, 2.24) is 4.98 Å². The number of carboxylic acids is 1. The molecule has 0 saturated heterocycles. The van der Waals surface area contributed by atoms with Gasteiger partial charge in [-0.3, -0.25) is 0 Å². The number of aromatic nitrogens is 1. The van der Waals surface area contributed by atoms with E-state index in [1.165, 1.54) is 0 Å². The third-order valence-corrected chi connectivity index (χ3v) is 3.79. The molecule has 114 valence electrons. The molecular weight excluding hydrogens is 416 g/mol. The highest BCUT2D eigenvalue weighted by Crippen LogP contribution is 2.29. The predicted octanol–water partition coefficient (Wildman–Crippen LogP) is 4.79. The van der Waals surface area contributed by atoms with Crippen molar-refractivity contribution >= 4 is 55.0 Å². The van der Waals surface area contributed by atoms with Crippen molar-refractivity contribution in [2.24, 2.45) is 10.2 Å². The van der Waals surface area contributed by atoms with Crippen molar-refractivity contribution in [3.8, 4) is 0 Å². The lowest BCUT2D eigenvalue weighted by Crippen LogP contribution is -2.09. The molecule has 6 nitrogen and oxygen atoms in total. The molecule has 1 N–H and O–H groups in total. The fourth-order valence-electron chi connectivity index (χ4n) is 1.64. The average Bonchev–Trinajstić information content (AvgIpc) is 2.46. The summed E-state index contributed by atoms with van der Waals surface area (Å²) in [6.07, 6.45) is 1.59. The summed E-state index contributed by atoms with van der Waals surface area (Å²) >= 11 is 6.63. The van der Waals surface area contributed by atoms with Crippen molar-refractivity contribution in [2.45, 2.75) is 0 Å². The minimum absolute atomic E-state index is 0.0863. The Morgan fingerprint density at radius 1 is 1.23 bits per heavy atom. The number of rotatable bonds is 4. The third-order valence-electron chi connectivity index (χ3n) is 2.77. The average molecular weight is 428 g/mol. The van der Waals surface area contributed by atoms with E-state index in [0.29, 0.717) is 10.3 Å². The first kappa shape index (κ1) is 16.6. The molecule has 1 aromatic carbocycles. The first-order valence-corrected chi connectivity index (χ1v) is 7.74. The minimum Gasteiger partial charge on any atom is -0.478 e. The fraction of sp³-hybridized carbons (Fsp3) is 0.143. The highest BCUT2D eigenvalue weighted by Gasteiger charge is 2.12. The van der Waals surface area contributed by atoms with Gasteiger partial charge in [0.1, 0.15) is 5.69 Å². The molecule has 0 aliphatic carbocycles. The van der Waals surface area contributed by atoms with Crippen molar-refractivity contribution in [3.05, 3.63) is 45.0 Å². The van der Waals surface area contributed by atoms with Crippen LogP contribution in [0, 0.1) is 0 Å². The molecular formula is C14H12Br2N4O2. The highest BCUT2D eigenvalue weighted by atomic mass is 79.9. The van der Waals surface area contributed by atoms with Crippen molar-refractivity contribution in [2.75, 3.05) is 19.0 Å². The number of pyridine rings is 1. The monoisotopic (exact) mass is 426 g/mol. The lowest BCUT2D eigenvalue weighted by atomic mass is 10.1. The van der Waals surface area contributed by atoms with E-state index in [9.17, 15) is 9.90 Å². The first-order chi connectivity index (χ1) is 10.4. The maximum Gasteiger partial charge on any atom is 0.338 e.